The topological polar surface area (TPSA) is 176 Å². The number of benzene rings is 6. The van der Waals surface area contributed by atoms with Crippen LogP contribution in [0.5, 0.6) is 0 Å². The third-order valence-corrected chi connectivity index (χ3v) is 16.7. The Bertz CT molecular complexity index is 2970. The predicted octanol–water partition coefficient (Wildman–Crippen LogP) is 7.00. The number of rotatable bonds is 0. The fourth-order valence-corrected chi connectivity index (χ4v) is 13.1. The molecule has 0 amide bonds. The molecule has 2 N–H and O–H groups in total. The fraction of sp³-hybridized carbons (Fsp3) is 0.200. The van der Waals surface area contributed by atoms with Crippen molar-refractivity contribution in [2.24, 2.45) is 20.0 Å². The highest BCUT2D eigenvalue weighted by molar-refractivity contribution is 7.90. The summed E-state index contributed by atoms with van der Waals surface area (Å²) in [7, 11) is -10.8. The van der Waals surface area contributed by atoms with Gasteiger partial charge in [-0.3, -0.25) is 0 Å². The molecule has 65 heavy (non-hydrogen) atoms. The highest BCUT2D eigenvalue weighted by atomic mass is 32.2. The first-order valence-corrected chi connectivity index (χ1v) is 26.5. The Balaban J connectivity index is 1.15. The predicted molar refractivity (Wildman–Crippen MR) is 255 cm³/mol. The second-order valence-electron chi connectivity index (χ2n) is 17.4. The van der Waals surface area contributed by atoms with E-state index in [0.29, 0.717) is 90.1 Å². The lowest BCUT2D eigenvalue weighted by molar-refractivity contribution is 0.518. The molecule has 0 saturated heterocycles. The third kappa shape index (κ3) is 9.08. The molecule has 328 valence electrons. The smallest absolute Gasteiger partial charge is 0.177 e. The number of sulfone groups is 3. The summed E-state index contributed by atoms with van der Waals surface area (Å²) in [6, 6.07) is 43.3. The quantitative estimate of drug-likeness (QED) is 0.164. The maximum atomic E-state index is 13.7. The molecule has 29 rings (SSSR count). The average Bonchev–Trinajstić information content (AvgIpc) is 3.26. The van der Waals surface area contributed by atoms with E-state index in [4.69, 9.17) is 20.0 Å². The molecule has 23 aliphatic heterocycles. The van der Waals surface area contributed by atoms with Crippen LogP contribution in [0.2, 0.25) is 0 Å². The van der Waals surface area contributed by atoms with Crippen molar-refractivity contribution in [3.63, 3.8) is 0 Å². The number of hydrogen-bond donors (Lipinski definition) is 2. The van der Waals surface area contributed by atoms with Crippen molar-refractivity contribution >= 4 is 52.9 Å². The molecule has 18 bridgehead atoms. The first-order chi connectivity index (χ1) is 31.0. The minimum Gasteiger partial charge on any atom is -0.324 e. The lowest BCUT2D eigenvalue weighted by atomic mass is 9.99. The van der Waals surface area contributed by atoms with E-state index in [9.17, 15) is 25.3 Å². The lowest BCUT2D eigenvalue weighted by Crippen LogP contribution is -2.40. The van der Waals surface area contributed by atoms with Gasteiger partial charge in [0.2, 0.25) is 0 Å². The van der Waals surface area contributed by atoms with Gasteiger partial charge in [-0.2, -0.15) is 0 Å². The van der Waals surface area contributed by atoms with Gasteiger partial charge >= 0.3 is 0 Å². The van der Waals surface area contributed by atoms with Crippen LogP contribution in [0.3, 0.4) is 0 Å². The summed E-state index contributed by atoms with van der Waals surface area (Å²) >= 11 is 0. The molecule has 15 heteroatoms. The first-order valence-electron chi connectivity index (χ1n) is 21.1. The van der Waals surface area contributed by atoms with Crippen molar-refractivity contribution in [1.82, 2.24) is 10.6 Å². The van der Waals surface area contributed by atoms with Crippen LogP contribution in [0, 0.1) is 0 Å². The molecule has 0 spiro atoms. The SMILES string of the molecule is CC12N=C3NC(=N1)c1ccc(cc1)CS(=O)(=O)Cc1ccc(cc1)C1=NC(C)(N=C(N1)c1ccc(cc1)CS(=O)(=O)Cc1ccc3cc1)c1ccc(cc1)CS(=O)(=O)Cc1ccc2cc1. The first kappa shape index (κ1) is 42.4. The molecule has 0 saturated carbocycles. The second kappa shape index (κ2) is 15.9. The van der Waals surface area contributed by atoms with Crippen LogP contribution in [-0.2, 0) is 75.4 Å². The standard InChI is InChI=1S/C50H44N6O6S3/c1-49-43-23-11-37(12-24-43)31-65(61,62)32-38-13-25-44(26-14-38)50(2)55-47-41-19-7-35(8-20-41)29-63(57,58)27-33-3-15-39(16-4-33)45(53-49)51-46(54-49)40-17-5-34(6-18-40)28-64(59,60)30-36-9-21-42(22-10-36)48(52-47)56-50/h3-26H,27-32H2,1-2H3,(H,51,53,54)(H,52,55,56). The summed E-state index contributed by atoms with van der Waals surface area (Å²) in [5.41, 5.74) is 5.53. The molecular weight excluding hydrogens is 877 g/mol. The largest absolute Gasteiger partial charge is 0.324 e. The van der Waals surface area contributed by atoms with Crippen molar-refractivity contribution in [2.75, 3.05) is 0 Å². The van der Waals surface area contributed by atoms with Crippen molar-refractivity contribution in [1.29, 1.82) is 0 Å². The Morgan fingerprint density at radius 2 is 0.508 bits per heavy atom. The van der Waals surface area contributed by atoms with Gasteiger partial charge in [0, 0.05) is 33.4 Å². The van der Waals surface area contributed by atoms with E-state index in [0.717, 1.165) is 0 Å². The highest BCUT2D eigenvalue weighted by Crippen LogP contribution is 2.34. The van der Waals surface area contributed by atoms with Crippen molar-refractivity contribution < 1.29 is 25.3 Å². The van der Waals surface area contributed by atoms with E-state index in [1.165, 1.54) is 0 Å². The Morgan fingerprint density at radius 1 is 0.323 bits per heavy atom. The average molecular weight is 921 g/mol. The minimum atomic E-state index is -3.60. The summed E-state index contributed by atoms with van der Waals surface area (Å²) in [6.45, 7) is 3.73. The molecule has 6 aromatic rings. The Labute approximate surface area is 378 Å². The monoisotopic (exact) mass is 920 g/mol. The van der Waals surface area contributed by atoms with Crippen LogP contribution in [0.15, 0.2) is 166 Å². The van der Waals surface area contributed by atoms with E-state index in [2.05, 4.69) is 10.6 Å². The van der Waals surface area contributed by atoms with Crippen LogP contribution < -0.4 is 10.6 Å². The zero-order valence-corrected chi connectivity index (χ0v) is 38.0. The number of nitrogens with zero attached hydrogens (tertiary/aromatic N) is 4. The van der Waals surface area contributed by atoms with Gasteiger partial charge in [-0.25, -0.2) is 45.2 Å². The molecule has 0 radical (unpaired) electrons. The van der Waals surface area contributed by atoms with Gasteiger partial charge < -0.3 is 10.6 Å². The molecule has 23 heterocycles. The van der Waals surface area contributed by atoms with Gasteiger partial charge in [-0.05, 0) is 47.2 Å². The molecule has 0 unspecified atom stereocenters. The van der Waals surface area contributed by atoms with Crippen molar-refractivity contribution in [3.05, 3.63) is 212 Å². The van der Waals surface area contributed by atoms with Crippen molar-refractivity contribution in [3.8, 4) is 0 Å². The number of amidine groups is 4. The Hall–Kier alpha value is -6.55. The van der Waals surface area contributed by atoms with Crippen LogP contribution >= 0.6 is 0 Å². The van der Waals surface area contributed by atoms with Gasteiger partial charge in [-0.15, -0.1) is 0 Å². The maximum absolute atomic E-state index is 13.7. The van der Waals surface area contributed by atoms with Gasteiger partial charge in [0.05, 0.1) is 34.5 Å². The minimum absolute atomic E-state index is 0.173. The summed E-state index contributed by atoms with van der Waals surface area (Å²) in [5.74, 6) is 0.894. The molecular formula is C50H44N6O6S3. The molecule has 0 fully saturated rings. The molecule has 0 aromatic heterocycles. The maximum Gasteiger partial charge on any atom is 0.177 e. The van der Waals surface area contributed by atoms with Crippen LogP contribution in [0.1, 0.15) is 80.6 Å². The Morgan fingerprint density at radius 3 is 0.708 bits per heavy atom. The molecule has 12 nitrogen and oxygen atoms in total. The van der Waals surface area contributed by atoms with Gasteiger partial charge in [0.25, 0.3) is 0 Å². The summed E-state index contributed by atoms with van der Waals surface area (Å²) in [5, 5.41) is 6.76. The van der Waals surface area contributed by atoms with Crippen LogP contribution in [-0.4, -0.2) is 48.6 Å². The zero-order chi connectivity index (χ0) is 45.2. The third-order valence-electron chi connectivity index (χ3n) is 12.0. The number of nitrogens with one attached hydrogen (secondary N) is 2. The van der Waals surface area contributed by atoms with Gasteiger partial charge in [0.15, 0.2) is 40.8 Å². The van der Waals surface area contributed by atoms with E-state index >= 15 is 0 Å². The van der Waals surface area contributed by atoms with Crippen LogP contribution in [0.25, 0.3) is 0 Å². The van der Waals surface area contributed by atoms with E-state index < -0.39 is 40.8 Å². The van der Waals surface area contributed by atoms with Gasteiger partial charge in [-0.1, -0.05) is 146 Å². The normalized spacial score (nSPS) is 22.8. The van der Waals surface area contributed by atoms with E-state index in [1.54, 1.807) is 72.8 Å². The molecule has 6 aromatic carbocycles. The lowest BCUT2D eigenvalue weighted by Gasteiger charge is -2.30. The summed E-state index contributed by atoms with van der Waals surface area (Å²) in [4.78, 5) is 20.4. The molecule has 0 atom stereocenters. The number of aliphatic imine (C=N–C) groups is 4. The van der Waals surface area contributed by atoms with Crippen LogP contribution in [0.4, 0.5) is 0 Å². The van der Waals surface area contributed by atoms with E-state index in [1.807, 2.05) is 86.6 Å². The zero-order valence-electron chi connectivity index (χ0n) is 35.6. The number of hydrogen-bond acceptors (Lipinski definition) is 12. The summed E-state index contributed by atoms with van der Waals surface area (Å²) in [6.07, 6.45) is 0. The summed E-state index contributed by atoms with van der Waals surface area (Å²) < 4.78 is 82.1. The van der Waals surface area contributed by atoms with E-state index in [-0.39, 0.29) is 34.5 Å². The molecule has 23 aliphatic rings. The highest BCUT2D eigenvalue weighted by Gasteiger charge is 2.34. The van der Waals surface area contributed by atoms with Gasteiger partial charge in [0.1, 0.15) is 23.3 Å². The second-order valence-corrected chi connectivity index (χ2v) is 23.6. The van der Waals surface area contributed by atoms with Crippen molar-refractivity contribution in [2.45, 2.75) is 59.7 Å². The Kier molecular flexibility index (Phi) is 10.3. The fourth-order valence-electron chi connectivity index (χ4n) is 8.61. The molecule has 0 aliphatic carbocycles.